The van der Waals surface area contributed by atoms with Crippen molar-refractivity contribution in [3.63, 3.8) is 0 Å². The molecule has 4 heteroatoms. The SMILES string of the molecule is OC(c1ccc(C2CC2)cc1)c1ccccc1C(F)(F)F. The van der Waals surface area contributed by atoms with Gasteiger partial charge in [-0.25, -0.2) is 0 Å². The van der Waals surface area contributed by atoms with Gasteiger partial charge in [-0.15, -0.1) is 0 Å². The fourth-order valence-electron chi connectivity index (χ4n) is 2.54. The van der Waals surface area contributed by atoms with Gasteiger partial charge in [0.1, 0.15) is 6.10 Å². The molecule has 0 heterocycles. The average Bonchev–Trinajstić information content (AvgIpc) is 3.30. The van der Waals surface area contributed by atoms with Gasteiger partial charge in [-0.1, -0.05) is 42.5 Å². The maximum absolute atomic E-state index is 13.0. The van der Waals surface area contributed by atoms with Gasteiger partial charge < -0.3 is 5.11 Å². The van der Waals surface area contributed by atoms with Gasteiger partial charge in [0.2, 0.25) is 0 Å². The van der Waals surface area contributed by atoms with Crippen molar-refractivity contribution in [3.8, 4) is 0 Å². The van der Waals surface area contributed by atoms with E-state index in [9.17, 15) is 18.3 Å². The van der Waals surface area contributed by atoms with Gasteiger partial charge in [-0.05, 0) is 41.5 Å². The zero-order valence-corrected chi connectivity index (χ0v) is 11.3. The van der Waals surface area contributed by atoms with E-state index in [2.05, 4.69) is 0 Å². The summed E-state index contributed by atoms with van der Waals surface area (Å²) in [5.41, 5.74) is 0.777. The van der Waals surface area contributed by atoms with Crippen molar-refractivity contribution in [2.45, 2.75) is 31.0 Å². The number of hydrogen-bond acceptors (Lipinski definition) is 1. The second kappa shape index (κ2) is 5.19. The third-order valence-corrected chi connectivity index (χ3v) is 3.86. The van der Waals surface area contributed by atoms with Gasteiger partial charge in [0.15, 0.2) is 0 Å². The Labute approximate surface area is 121 Å². The average molecular weight is 292 g/mol. The highest BCUT2D eigenvalue weighted by Gasteiger charge is 2.35. The van der Waals surface area contributed by atoms with Crippen molar-refractivity contribution in [1.29, 1.82) is 0 Å². The first-order valence-electron chi connectivity index (χ1n) is 6.91. The number of aliphatic hydroxyl groups is 1. The van der Waals surface area contributed by atoms with Gasteiger partial charge in [-0.3, -0.25) is 0 Å². The standard InChI is InChI=1S/C17H15F3O/c18-17(19,20)15-4-2-1-3-14(15)16(21)13-9-7-12(8-10-13)11-5-6-11/h1-4,7-11,16,21H,5-6H2. The topological polar surface area (TPSA) is 20.2 Å². The van der Waals surface area contributed by atoms with Crippen LogP contribution in [0.2, 0.25) is 0 Å². The number of halogens is 3. The van der Waals surface area contributed by atoms with E-state index in [1.807, 2.05) is 12.1 Å². The third kappa shape index (κ3) is 2.95. The van der Waals surface area contributed by atoms with Crippen molar-refractivity contribution in [3.05, 3.63) is 70.8 Å². The third-order valence-electron chi connectivity index (χ3n) is 3.86. The summed E-state index contributed by atoms with van der Waals surface area (Å²) in [5, 5.41) is 10.3. The van der Waals surface area contributed by atoms with Crippen LogP contribution in [0, 0.1) is 0 Å². The lowest BCUT2D eigenvalue weighted by molar-refractivity contribution is -0.139. The summed E-state index contributed by atoms with van der Waals surface area (Å²) in [4.78, 5) is 0. The summed E-state index contributed by atoms with van der Waals surface area (Å²) >= 11 is 0. The van der Waals surface area contributed by atoms with Crippen molar-refractivity contribution < 1.29 is 18.3 Å². The van der Waals surface area contributed by atoms with Crippen LogP contribution in [0.3, 0.4) is 0 Å². The molecular formula is C17H15F3O. The Bertz CT molecular complexity index is 627. The number of rotatable bonds is 3. The Balaban J connectivity index is 1.92. The summed E-state index contributed by atoms with van der Waals surface area (Å²) in [6, 6.07) is 12.4. The molecule has 0 aliphatic heterocycles. The molecule has 1 fully saturated rings. The smallest absolute Gasteiger partial charge is 0.384 e. The molecule has 1 atom stereocenters. The van der Waals surface area contributed by atoms with Crippen LogP contribution in [-0.4, -0.2) is 5.11 Å². The van der Waals surface area contributed by atoms with Crippen LogP contribution >= 0.6 is 0 Å². The molecule has 1 N–H and O–H groups in total. The first-order valence-corrected chi connectivity index (χ1v) is 6.91. The fourth-order valence-corrected chi connectivity index (χ4v) is 2.54. The monoisotopic (exact) mass is 292 g/mol. The second-order valence-electron chi connectivity index (χ2n) is 5.43. The number of alkyl halides is 3. The van der Waals surface area contributed by atoms with Crippen LogP contribution in [0.1, 0.15) is 47.1 Å². The molecule has 0 radical (unpaired) electrons. The molecular weight excluding hydrogens is 277 g/mol. The summed E-state index contributed by atoms with van der Waals surface area (Å²) in [7, 11) is 0. The molecule has 110 valence electrons. The molecule has 0 saturated heterocycles. The summed E-state index contributed by atoms with van der Waals surface area (Å²) in [6.07, 6.45) is -3.40. The lowest BCUT2D eigenvalue weighted by Gasteiger charge is -2.18. The summed E-state index contributed by atoms with van der Waals surface area (Å²) in [6.45, 7) is 0. The highest BCUT2D eigenvalue weighted by molar-refractivity contribution is 5.39. The highest BCUT2D eigenvalue weighted by atomic mass is 19.4. The molecule has 0 amide bonds. The van der Waals surface area contributed by atoms with Crippen LogP contribution in [0.15, 0.2) is 48.5 Å². The van der Waals surface area contributed by atoms with Crippen LogP contribution in [-0.2, 0) is 6.18 Å². The molecule has 3 rings (SSSR count). The van der Waals surface area contributed by atoms with E-state index in [4.69, 9.17) is 0 Å². The predicted octanol–water partition coefficient (Wildman–Crippen LogP) is 4.66. The largest absolute Gasteiger partial charge is 0.416 e. The van der Waals surface area contributed by atoms with Gasteiger partial charge in [-0.2, -0.15) is 13.2 Å². The highest BCUT2D eigenvalue weighted by Crippen LogP contribution is 2.41. The molecule has 2 aromatic rings. The van der Waals surface area contributed by atoms with Crippen molar-refractivity contribution in [2.24, 2.45) is 0 Å². The number of benzene rings is 2. The predicted molar refractivity (Wildman–Crippen MR) is 73.9 cm³/mol. The minimum Gasteiger partial charge on any atom is -0.384 e. The Morgan fingerprint density at radius 3 is 2.14 bits per heavy atom. The Hall–Kier alpha value is -1.81. The molecule has 1 aliphatic rings. The van der Waals surface area contributed by atoms with Crippen LogP contribution in [0.5, 0.6) is 0 Å². The zero-order valence-electron chi connectivity index (χ0n) is 11.3. The van der Waals surface area contributed by atoms with Gasteiger partial charge in [0.05, 0.1) is 5.56 Å². The van der Waals surface area contributed by atoms with E-state index in [-0.39, 0.29) is 5.56 Å². The van der Waals surface area contributed by atoms with Crippen LogP contribution < -0.4 is 0 Å². The van der Waals surface area contributed by atoms with Gasteiger partial charge >= 0.3 is 6.18 Å². The normalized spacial score (nSPS) is 16.8. The Kier molecular flexibility index (Phi) is 3.49. The number of hydrogen-bond donors (Lipinski definition) is 1. The van der Waals surface area contributed by atoms with E-state index in [1.54, 1.807) is 12.1 Å². The van der Waals surface area contributed by atoms with Crippen molar-refractivity contribution in [1.82, 2.24) is 0 Å². The quantitative estimate of drug-likeness (QED) is 0.872. The first kappa shape index (κ1) is 14.1. The van der Waals surface area contributed by atoms with E-state index in [1.165, 1.54) is 36.6 Å². The van der Waals surface area contributed by atoms with E-state index >= 15 is 0 Å². The summed E-state index contributed by atoms with van der Waals surface area (Å²) < 4.78 is 39.0. The number of aliphatic hydroxyl groups excluding tert-OH is 1. The lowest BCUT2D eigenvalue weighted by atomic mass is 9.95. The van der Waals surface area contributed by atoms with Crippen molar-refractivity contribution in [2.75, 3.05) is 0 Å². The molecule has 1 nitrogen and oxygen atoms in total. The Morgan fingerprint density at radius 1 is 0.952 bits per heavy atom. The van der Waals surface area contributed by atoms with Crippen LogP contribution in [0.4, 0.5) is 13.2 Å². The lowest BCUT2D eigenvalue weighted by Crippen LogP contribution is -2.12. The molecule has 0 spiro atoms. The minimum atomic E-state index is -4.47. The second-order valence-corrected chi connectivity index (χ2v) is 5.43. The fraction of sp³-hybridized carbons (Fsp3) is 0.294. The van der Waals surface area contributed by atoms with E-state index in [0.29, 0.717) is 11.5 Å². The molecule has 1 unspecified atom stereocenters. The maximum atomic E-state index is 13.0. The summed E-state index contributed by atoms with van der Waals surface area (Å²) in [5.74, 6) is 0.582. The minimum absolute atomic E-state index is 0.107. The van der Waals surface area contributed by atoms with E-state index < -0.39 is 17.8 Å². The molecule has 0 aromatic heterocycles. The van der Waals surface area contributed by atoms with Crippen LogP contribution in [0.25, 0.3) is 0 Å². The van der Waals surface area contributed by atoms with E-state index in [0.717, 1.165) is 6.07 Å². The molecule has 21 heavy (non-hydrogen) atoms. The molecule has 0 bridgehead atoms. The maximum Gasteiger partial charge on any atom is 0.416 e. The van der Waals surface area contributed by atoms with Gasteiger partial charge in [0, 0.05) is 0 Å². The van der Waals surface area contributed by atoms with Crippen molar-refractivity contribution >= 4 is 0 Å². The first-order chi connectivity index (χ1) is 9.97. The van der Waals surface area contributed by atoms with Gasteiger partial charge in [0.25, 0.3) is 0 Å². The zero-order chi connectivity index (χ0) is 15.0. The Morgan fingerprint density at radius 2 is 1.57 bits per heavy atom. The molecule has 1 aliphatic carbocycles. The molecule has 2 aromatic carbocycles. The molecule has 1 saturated carbocycles.